The lowest BCUT2D eigenvalue weighted by Crippen LogP contribution is -2.20. The lowest BCUT2D eigenvalue weighted by molar-refractivity contribution is -0.118. The van der Waals surface area contributed by atoms with Crippen molar-refractivity contribution in [1.82, 2.24) is 20.2 Å². The van der Waals surface area contributed by atoms with Gasteiger partial charge >= 0.3 is 0 Å². The first-order chi connectivity index (χ1) is 18.1. The summed E-state index contributed by atoms with van der Waals surface area (Å²) in [5, 5.41) is 15.8. The molecule has 1 heterocycles. The number of benzene rings is 4. The van der Waals surface area contributed by atoms with E-state index in [1.807, 2.05) is 102 Å². The molecule has 0 saturated carbocycles. The molecule has 1 aromatic heterocycles. The lowest BCUT2D eigenvalue weighted by atomic mass is 10.1. The zero-order chi connectivity index (χ0) is 25.6. The maximum absolute atomic E-state index is 12.6. The topological polar surface area (TPSA) is 81.4 Å². The maximum atomic E-state index is 12.6. The van der Waals surface area contributed by atoms with Gasteiger partial charge in [-0.05, 0) is 42.0 Å². The van der Waals surface area contributed by atoms with Crippen molar-refractivity contribution >= 4 is 34.7 Å². The second kappa shape index (κ2) is 11.1. The number of carbonyl (C=O) groups is 1. The minimum atomic E-state index is -0.234. The van der Waals surface area contributed by atoms with Crippen LogP contribution >= 0.6 is 11.8 Å². The van der Waals surface area contributed by atoms with Gasteiger partial charge in [-0.15, -0.1) is 10.2 Å². The highest BCUT2D eigenvalue weighted by atomic mass is 32.2. The number of ether oxygens (including phenoxy) is 1. The van der Waals surface area contributed by atoms with Crippen LogP contribution in [0, 0.1) is 6.92 Å². The molecule has 0 spiro atoms. The van der Waals surface area contributed by atoms with Crippen molar-refractivity contribution in [2.45, 2.75) is 12.1 Å². The van der Waals surface area contributed by atoms with Crippen molar-refractivity contribution in [1.29, 1.82) is 0 Å². The van der Waals surface area contributed by atoms with Gasteiger partial charge in [-0.25, -0.2) is 5.43 Å². The van der Waals surface area contributed by atoms with Crippen LogP contribution in [0.4, 0.5) is 0 Å². The minimum Gasteiger partial charge on any atom is -0.497 e. The molecule has 1 N–H and O–H groups in total. The number of methoxy groups -OCH3 is 1. The molecule has 0 saturated heterocycles. The van der Waals surface area contributed by atoms with Crippen LogP contribution in [0.15, 0.2) is 101 Å². The van der Waals surface area contributed by atoms with E-state index in [0.29, 0.717) is 11.0 Å². The molecule has 0 aliphatic carbocycles. The number of thioether (sulfide) groups is 1. The lowest BCUT2D eigenvalue weighted by Gasteiger charge is -2.11. The number of hydrazone groups is 1. The van der Waals surface area contributed by atoms with Crippen molar-refractivity contribution in [3.8, 4) is 22.8 Å². The zero-order valence-electron chi connectivity index (χ0n) is 20.5. The Balaban J connectivity index is 1.33. The summed E-state index contributed by atoms with van der Waals surface area (Å²) in [6.45, 7) is 2.04. The smallest absolute Gasteiger partial charge is 0.250 e. The Hall–Kier alpha value is -4.43. The molecule has 5 rings (SSSR count). The van der Waals surface area contributed by atoms with Crippen LogP contribution in [0.5, 0.6) is 5.75 Å². The van der Waals surface area contributed by atoms with E-state index in [0.717, 1.165) is 38.9 Å². The number of carbonyl (C=O) groups excluding carboxylic acids is 1. The van der Waals surface area contributed by atoms with Crippen LogP contribution in [0.1, 0.15) is 11.1 Å². The van der Waals surface area contributed by atoms with E-state index in [1.54, 1.807) is 13.3 Å². The number of hydrogen-bond acceptors (Lipinski definition) is 6. The third-order valence-corrected chi connectivity index (χ3v) is 6.75. The third-order valence-electron chi connectivity index (χ3n) is 5.82. The Morgan fingerprint density at radius 1 is 0.973 bits per heavy atom. The molecular formula is C29H25N5O2S. The Morgan fingerprint density at radius 2 is 1.73 bits per heavy atom. The monoisotopic (exact) mass is 507 g/mol. The van der Waals surface area contributed by atoms with Gasteiger partial charge in [0, 0.05) is 16.8 Å². The summed E-state index contributed by atoms with van der Waals surface area (Å²) in [6, 6.07) is 29.8. The fraction of sp³-hybridized carbons (Fsp3) is 0.103. The molecule has 0 atom stereocenters. The van der Waals surface area contributed by atoms with E-state index in [9.17, 15) is 4.79 Å². The Morgan fingerprint density at radius 3 is 2.51 bits per heavy atom. The highest BCUT2D eigenvalue weighted by Gasteiger charge is 2.17. The normalized spacial score (nSPS) is 11.2. The zero-order valence-corrected chi connectivity index (χ0v) is 21.3. The Kier molecular flexibility index (Phi) is 7.28. The predicted molar refractivity (Wildman–Crippen MR) is 148 cm³/mol. The van der Waals surface area contributed by atoms with Crippen LogP contribution in [0.3, 0.4) is 0 Å². The first kappa shape index (κ1) is 24.3. The summed E-state index contributed by atoms with van der Waals surface area (Å²) in [6.07, 6.45) is 1.67. The van der Waals surface area contributed by atoms with Gasteiger partial charge in [0.1, 0.15) is 5.75 Å². The van der Waals surface area contributed by atoms with Crippen LogP contribution < -0.4 is 10.2 Å². The van der Waals surface area contributed by atoms with E-state index >= 15 is 0 Å². The van der Waals surface area contributed by atoms with Crippen LogP contribution in [0.2, 0.25) is 0 Å². The van der Waals surface area contributed by atoms with Crippen molar-refractivity contribution in [3.05, 3.63) is 102 Å². The van der Waals surface area contributed by atoms with Gasteiger partial charge in [-0.1, -0.05) is 84.1 Å². The Bertz CT molecular complexity index is 1550. The number of nitrogens with one attached hydrogen (secondary N) is 1. The third kappa shape index (κ3) is 5.54. The fourth-order valence-electron chi connectivity index (χ4n) is 3.92. The van der Waals surface area contributed by atoms with Gasteiger partial charge in [-0.2, -0.15) is 5.10 Å². The summed E-state index contributed by atoms with van der Waals surface area (Å²) < 4.78 is 7.25. The molecule has 0 fully saturated rings. The average molecular weight is 508 g/mol. The number of aryl methyl sites for hydroxylation is 1. The molecule has 184 valence electrons. The van der Waals surface area contributed by atoms with Gasteiger partial charge in [0.25, 0.3) is 5.91 Å². The predicted octanol–water partition coefficient (Wildman–Crippen LogP) is 5.65. The number of amides is 1. The first-order valence-corrected chi connectivity index (χ1v) is 12.7. The highest BCUT2D eigenvalue weighted by molar-refractivity contribution is 7.99. The van der Waals surface area contributed by atoms with Crippen molar-refractivity contribution in [3.63, 3.8) is 0 Å². The molecular weight excluding hydrogens is 482 g/mol. The minimum absolute atomic E-state index is 0.134. The highest BCUT2D eigenvalue weighted by Crippen LogP contribution is 2.29. The summed E-state index contributed by atoms with van der Waals surface area (Å²) in [7, 11) is 1.63. The second-order valence-electron chi connectivity index (χ2n) is 8.36. The molecule has 0 aliphatic rings. The largest absolute Gasteiger partial charge is 0.497 e. The number of fused-ring (bicyclic) bond motifs is 1. The number of hydrogen-bond donors (Lipinski definition) is 1. The molecule has 8 heteroatoms. The molecule has 1 amide bonds. The molecule has 5 aromatic rings. The summed E-state index contributed by atoms with van der Waals surface area (Å²) in [5.74, 6) is 1.35. The second-order valence-corrected chi connectivity index (χ2v) is 9.30. The van der Waals surface area contributed by atoms with Crippen LogP contribution in [-0.4, -0.2) is 39.7 Å². The van der Waals surface area contributed by atoms with Crippen molar-refractivity contribution < 1.29 is 9.53 Å². The van der Waals surface area contributed by atoms with Gasteiger partial charge in [0.2, 0.25) is 0 Å². The fourth-order valence-corrected chi connectivity index (χ4v) is 4.66. The van der Waals surface area contributed by atoms with Gasteiger partial charge in [0.05, 0.1) is 19.1 Å². The molecule has 7 nitrogen and oxygen atoms in total. The number of aromatic nitrogens is 3. The summed E-state index contributed by atoms with van der Waals surface area (Å²) in [5.41, 5.74) is 6.53. The summed E-state index contributed by atoms with van der Waals surface area (Å²) in [4.78, 5) is 12.6. The molecule has 0 aliphatic heterocycles. The SMILES string of the molecule is COc1ccc(-n2c(SCC(=O)N/N=C\c3cccc4ccccc34)nnc2-c2ccc(C)cc2)cc1. The standard InChI is InChI=1S/C29H25N5O2S/c1-20-10-12-22(13-11-20)28-32-33-29(34(28)24-14-16-25(36-2)17-15-24)37-19-27(35)31-30-18-23-8-5-7-21-6-3-4-9-26(21)23/h3-18H,19H2,1-2H3,(H,31,35)/b30-18-. The Labute approximate surface area is 219 Å². The van der Waals surface area contributed by atoms with Crippen molar-refractivity contribution in [2.24, 2.45) is 5.10 Å². The van der Waals surface area contributed by atoms with Crippen molar-refractivity contribution in [2.75, 3.05) is 12.9 Å². The van der Waals surface area contributed by atoms with E-state index in [2.05, 4.69) is 20.7 Å². The van der Waals surface area contributed by atoms with Gasteiger partial charge < -0.3 is 4.74 Å². The first-order valence-electron chi connectivity index (χ1n) is 11.7. The quantitative estimate of drug-likeness (QED) is 0.167. The number of rotatable bonds is 8. The van der Waals surface area contributed by atoms with E-state index in [4.69, 9.17) is 4.74 Å². The maximum Gasteiger partial charge on any atom is 0.250 e. The van der Waals surface area contributed by atoms with Gasteiger partial charge in [0.15, 0.2) is 11.0 Å². The van der Waals surface area contributed by atoms with Crippen LogP contribution in [0.25, 0.3) is 27.8 Å². The molecule has 37 heavy (non-hydrogen) atoms. The van der Waals surface area contributed by atoms with E-state index in [-0.39, 0.29) is 11.7 Å². The average Bonchev–Trinajstić information content (AvgIpc) is 3.36. The van der Waals surface area contributed by atoms with E-state index in [1.165, 1.54) is 11.8 Å². The molecule has 4 aromatic carbocycles. The molecule has 0 bridgehead atoms. The summed E-state index contributed by atoms with van der Waals surface area (Å²) >= 11 is 1.30. The van der Waals surface area contributed by atoms with Crippen LogP contribution in [-0.2, 0) is 4.79 Å². The van der Waals surface area contributed by atoms with E-state index < -0.39 is 0 Å². The molecule has 0 unspecified atom stereocenters. The number of nitrogens with zero attached hydrogens (tertiary/aromatic N) is 4. The van der Waals surface area contributed by atoms with Gasteiger partial charge in [-0.3, -0.25) is 9.36 Å². The molecule has 0 radical (unpaired) electrons.